The summed E-state index contributed by atoms with van der Waals surface area (Å²) in [6.07, 6.45) is 0.0202. The van der Waals surface area contributed by atoms with Crippen LogP contribution in [0.15, 0.2) is 30.3 Å². The summed E-state index contributed by atoms with van der Waals surface area (Å²) in [5.74, 6) is -1.09. The van der Waals surface area contributed by atoms with E-state index in [4.69, 9.17) is 5.11 Å². The molecule has 3 nitrogen and oxygen atoms in total. The molecule has 0 atom stereocenters. The van der Waals surface area contributed by atoms with Crippen LogP contribution in [0.1, 0.15) is 30.6 Å². The van der Waals surface area contributed by atoms with Gasteiger partial charge in [-0.3, -0.25) is 9.59 Å². The maximum Gasteiger partial charge on any atom is 0.309 e. The minimum atomic E-state index is -1.01. The van der Waals surface area contributed by atoms with Gasteiger partial charge in [-0.15, -0.1) is 0 Å². The van der Waals surface area contributed by atoms with Gasteiger partial charge in [0.25, 0.3) is 0 Å². The van der Waals surface area contributed by atoms with Gasteiger partial charge in [-0.2, -0.15) is 0 Å². The summed E-state index contributed by atoms with van der Waals surface area (Å²) >= 11 is 0. The van der Waals surface area contributed by atoms with E-state index in [1.165, 1.54) is 0 Å². The lowest BCUT2D eigenvalue weighted by atomic mass is 9.86. The highest BCUT2D eigenvalue weighted by molar-refractivity contribution is 5.98. The first-order valence-electron chi connectivity index (χ1n) is 4.75. The van der Waals surface area contributed by atoms with Crippen LogP contribution in [0.4, 0.5) is 0 Å². The molecule has 0 aliphatic carbocycles. The number of aliphatic carboxylic acids is 1. The Morgan fingerprint density at radius 2 is 1.73 bits per heavy atom. The van der Waals surface area contributed by atoms with Crippen LogP contribution in [0.3, 0.4) is 0 Å². The second-order valence-corrected chi connectivity index (χ2v) is 4.16. The Bertz CT molecular complexity index is 366. The predicted octanol–water partition coefficient (Wildman–Crippen LogP) is 2.37. The largest absolute Gasteiger partial charge is 0.481 e. The maximum absolute atomic E-state index is 11.7. The van der Waals surface area contributed by atoms with E-state index in [0.717, 1.165) is 0 Å². The molecule has 15 heavy (non-hydrogen) atoms. The third-order valence-corrected chi connectivity index (χ3v) is 2.28. The molecule has 1 aromatic carbocycles. The van der Waals surface area contributed by atoms with Gasteiger partial charge in [0.15, 0.2) is 5.78 Å². The zero-order valence-electron chi connectivity index (χ0n) is 8.86. The van der Waals surface area contributed by atoms with E-state index in [0.29, 0.717) is 5.56 Å². The quantitative estimate of drug-likeness (QED) is 0.769. The Morgan fingerprint density at radius 3 is 2.20 bits per heavy atom. The molecule has 0 fully saturated rings. The van der Waals surface area contributed by atoms with Crippen molar-refractivity contribution >= 4 is 11.8 Å². The summed E-state index contributed by atoms with van der Waals surface area (Å²) < 4.78 is 0. The molecule has 80 valence electrons. The second kappa shape index (κ2) is 4.26. The molecule has 0 heterocycles. The van der Waals surface area contributed by atoms with Gasteiger partial charge in [-0.25, -0.2) is 0 Å². The Morgan fingerprint density at radius 1 is 1.20 bits per heavy atom. The number of hydrogen-bond donors (Lipinski definition) is 1. The fourth-order valence-corrected chi connectivity index (χ4v) is 1.20. The topological polar surface area (TPSA) is 54.4 Å². The van der Waals surface area contributed by atoms with Crippen molar-refractivity contribution in [1.82, 2.24) is 0 Å². The summed E-state index contributed by atoms with van der Waals surface area (Å²) in [6.45, 7) is 3.10. The van der Waals surface area contributed by atoms with Crippen molar-refractivity contribution in [3.63, 3.8) is 0 Å². The van der Waals surface area contributed by atoms with E-state index in [-0.39, 0.29) is 12.2 Å². The third-order valence-electron chi connectivity index (χ3n) is 2.28. The minimum Gasteiger partial charge on any atom is -0.481 e. The lowest BCUT2D eigenvalue weighted by molar-refractivity contribution is -0.146. The van der Waals surface area contributed by atoms with Crippen molar-refractivity contribution in [2.45, 2.75) is 20.3 Å². The number of carbonyl (C=O) groups is 2. The number of ketones is 1. The molecule has 0 saturated carbocycles. The fourth-order valence-electron chi connectivity index (χ4n) is 1.20. The van der Waals surface area contributed by atoms with E-state index in [1.807, 2.05) is 6.07 Å². The standard InChI is InChI=1S/C12H14O3/c1-12(2,11(14)15)8-10(13)9-6-4-3-5-7-9/h3-7H,8H2,1-2H3,(H,14,15). The molecule has 0 bridgehead atoms. The highest BCUT2D eigenvalue weighted by atomic mass is 16.4. The molecule has 0 saturated heterocycles. The van der Waals surface area contributed by atoms with Gasteiger partial charge < -0.3 is 5.11 Å². The smallest absolute Gasteiger partial charge is 0.309 e. The molecule has 1 aromatic rings. The Balaban J connectivity index is 2.77. The van der Waals surface area contributed by atoms with Gasteiger partial charge in [0.1, 0.15) is 0 Å². The average molecular weight is 206 g/mol. The molecule has 1 rings (SSSR count). The number of benzene rings is 1. The van der Waals surface area contributed by atoms with Crippen LogP contribution in [-0.4, -0.2) is 16.9 Å². The summed E-state index contributed by atoms with van der Waals surface area (Å²) in [7, 11) is 0. The van der Waals surface area contributed by atoms with Crippen LogP contribution < -0.4 is 0 Å². The van der Waals surface area contributed by atoms with E-state index < -0.39 is 11.4 Å². The van der Waals surface area contributed by atoms with Gasteiger partial charge in [0, 0.05) is 12.0 Å². The van der Waals surface area contributed by atoms with Gasteiger partial charge in [0.2, 0.25) is 0 Å². The van der Waals surface area contributed by atoms with Crippen LogP contribution in [0.2, 0.25) is 0 Å². The van der Waals surface area contributed by atoms with Gasteiger partial charge in [0.05, 0.1) is 5.41 Å². The second-order valence-electron chi connectivity index (χ2n) is 4.16. The number of hydrogen-bond acceptors (Lipinski definition) is 2. The van der Waals surface area contributed by atoms with Crippen LogP contribution in [-0.2, 0) is 4.79 Å². The molecule has 3 heteroatoms. The van der Waals surface area contributed by atoms with Crippen molar-refractivity contribution in [2.75, 3.05) is 0 Å². The molecule has 1 N–H and O–H groups in total. The van der Waals surface area contributed by atoms with Gasteiger partial charge in [-0.1, -0.05) is 30.3 Å². The number of Topliss-reactive ketones (excluding diaryl/α,β-unsaturated/α-hetero) is 1. The Hall–Kier alpha value is -1.64. The fraction of sp³-hybridized carbons (Fsp3) is 0.333. The SMILES string of the molecule is CC(C)(CC(=O)c1ccccc1)C(=O)O. The first kappa shape index (κ1) is 11.4. The van der Waals surface area contributed by atoms with Gasteiger partial charge in [-0.05, 0) is 13.8 Å². The predicted molar refractivity (Wildman–Crippen MR) is 56.8 cm³/mol. The first-order valence-corrected chi connectivity index (χ1v) is 4.75. The van der Waals surface area contributed by atoms with Crippen LogP contribution in [0.25, 0.3) is 0 Å². The highest BCUT2D eigenvalue weighted by Crippen LogP contribution is 2.22. The van der Waals surface area contributed by atoms with Gasteiger partial charge >= 0.3 is 5.97 Å². The summed E-state index contributed by atoms with van der Waals surface area (Å²) in [5, 5.41) is 8.88. The zero-order chi connectivity index (χ0) is 11.5. The minimum absolute atomic E-state index is 0.0202. The van der Waals surface area contributed by atoms with Crippen molar-refractivity contribution in [1.29, 1.82) is 0 Å². The Kier molecular flexibility index (Phi) is 3.24. The molecule has 0 amide bonds. The monoisotopic (exact) mass is 206 g/mol. The van der Waals surface area contributed by atoms with Crippen molar-refractivity contribution in [3.8, 4) is 0 Å². The van der Waals surface area contributed by atoms with E-state index in [1.54, 1.807) is 38.1 Å². The molecule has 0 unspecified atom stereocenters. The first-order chi connectivity index (χ1) is 6.93. The average Bonchev–Trinajstić information content (AvgIpc) is 2.18. The molecule has 0 radical (unpaired) electrons. The Labute approximate surface area is 88.7 Å². The van der Waals surface area contributed by atoms with Crippen LogP contribution >= 0.6 is 0 Å². The van der Waals surface area contributed by atoms with E-state index in [2.05, 4.69) is 0 Å². The number of carboxylic acids is 1. The number of carbonyl (C=O) groups excluding carboxylic acids is 1. The summed E-state index contributed by atoms with van der Waals surface area (Å²) in [4.78, 5) is 22.5. The third kappa shape index (κ3) is 2.91. The van der Waals surface area contributed by atoms with E-state index >= 15 is 0 Å². The molecule has 0 spiro atoms. The van der Waals surface area contributed by atoms with Crippen molar-refractivity contribution < 1.29 is 14.7 Å². The molecular formula is C12H14O3. The van der Waals surface area contributed by atoms with E-state index in [9.17, 15) is 9.59 Å². The molecule has 0 aliphatic heterocycles. The number of rotatable bonds is 4. The summed E-state index contributed by atoms with van der Waals surface area (Å²) in [5.41, 5.74) is -0.445. The van der Waals surface area contributed by atoms with Crippen LogP contribution in [0.5, 0.6) is 0 Å². The number of carboxylic acid groups (broad SMARTS) is 1. The molecule has 0 aliphatic rings. The summed E-state index contributed by atoms with van der Waals surface area (Å²) in [6, 6.07) is 8.74. The van der Waals surface area contributed by atoms with Crippen molar-refractivity contribution in [3.05, 3.63) is 35.9 Å². The lowest BCUT2D eigenvalue weighted by Gasteiger charge is -2.17. The highest BCUT2D eigenvalue weighted by Gasteiger charge is 2.30. The van der Waals surface area contributed by atoms with Crippen LogP contribution in [0, 0.1) is 5.41 Å². The zero-order valence-corrected chi connectivity index (χ0v) is 8.86. The lowest BCUT2D eigenvalue weighted by Crippen LogP contribution is -2.26. The normalized spacial score (nSPS) is 11.1. The molecular weight excluding hydrogens is 192 g/mol. The maximum atomic E-state index is 11.7. The van der Waals surface area contributed by atoms with Crippen molar-refractivity contribution in [2.24, 2.45) is 5.41 Å². The molecule has 0 aromatic heterocycles.